The molecule has 1 aliphatic rings. The number of benzene rings is 1. The molecule has 1 aliphatic heterocycles. The van der Waals surface area contributed by atoms with Crippen LogP contribution in [0.25, 0.3) is 5.69 Å². The molecule has 0 radical (unpaired) electrons. The van der Waals surface area contributed by atoms with Crippen LogP contribution < -0.4 is 4.74 Å². The Hall–Kier alpha value is -2.29. The van der Waals surface area contributed by atoms with Crippen LogP contribution in [0, 0.1) is 0 Å². The molecule has 1 aromatic carbocycles. The molecule has 0 spiro atoms. The molecular weight excluding hydrogens is 274 g/mol. The predicted octanol–water partition coefficient (Wildman–Crippen LogP) is 4.56. The second kappa shape index (κ2) is 5.48. The van der Waals surface area contributed by atoms with Crippen molar-refractivity contribution < 1.29 is 9.53 Å². The molecule has 3 heteroatoms. The number of carbonyl (C=O) groups is 1. The van der Waals surface area contributed by atoms with E-state index < -0.39 is 5.60 Å². The highest BCUT2D eigenvalue weighted by molar-refractivity contribution is 6.03. The van der Waals surface area contributed by atoms with E-state index in [9.17, 15) is 4.79 Å². The van der Waals surface area contributed by atoms with Gasteiger partial charge >= 0.3 is 0 Å². The number of carbonyl (C=O) groups excluding carboxylic acids is 1. The van der Waals surface area contributed by atoms with Crippen molar-refractivity contribution in [3.05, 3.63) is 59.9 Å². The van der Waals surface area contributed by atoms with E-state index in [0.29, 0.717) is 18.5 Å². The van der Waals surface area contributed by atoms with Crippen molar-refractivity contribution >= 4 is 5.78 Å². The zero-order valence-corrected chi connectivity index (χ0v) is 13.3. The lowest BCUT2D eigenvalue weighted by molar-refractivity contribution is 0.0450. The van der Waals surface area contributed by atoms with E-state index in [-0.39, 0.29) is 5.78 Å². The van der Waals surface area contributed by atoms with E-state index in [2.05, 4.69) is 6.08 Å². The fourth-order valence-corrected chi connectivity index (χ4v) is 2.89. The average molecular weight is 295 g/mol. The van der Waals surface area contributed by atoms with Gasteiger partial charge in [-0.3, -0.25) is 4.79 Å². The summed E-state index contributed by atoms with van der Waals surface area (Å²) in [5.41, 5.74) is 1.97. The third-order valence-corrected chi connectivity index (χ3v) is 4.24. The Balaban J connectivity index is 2.19. The molecule has 1 atom stereocenters. The van der Waals surface area contributed by atoms with Crippen molar-refractivity contribution in [2.75, 3.05) is 0 Å². The molecule has 0 amide bonds. The van der Waals surface area contributed by atoms with Gasteiger partial charge in [-0.1, -0.05) is 30.7 Å². The van der Waals surface area contributed by atoms with Crippen LogP contribution >= 0.6 is 0 Å². The van der Waals surface area contributed by atoms with E-state index >= 15 is 0 Å². The molecule has 0 N–H and O–H groups in total. The molecule has 0 unspecified atom stereocenters. The summed E-state index contributed by atoms with van der Waals surface area (Å²) in [7, 11) is 0. The normalized spacial score (nSPS) is 19.7. The first-order valence-corrected chi connectivity index (χ1v) is 7.71. The van der Waals surface area contributed by atoms with Gasteiger partial charge in [-0.05, 0) is 44.5 Å². The number of hydrogen-bond acceptors (Lipinski definition) is 2. The number of aromatic nitrogens is 1. The van der Waals surface area contributed by atoms with Crippen LogP contribution in [0.3, 0.4) is 0 Å². The second-order valence-corrected chi connectivity index (χ2v) is 6.00. The first-order valence-electron chi connectivity index (χ1n) is 7.71. The Bertz CT molecular complexity index is 737. The molecule has 3 rings (SSSR count). The van der Waals surface area contributed by atoms with Gasteiger partial charge in [-0.2, -0.15) is 0 Å². The van der Waals surface area contributed by atoms with Gasteiger partial charge in [-0.15, -0.1) is 0 Å². The maximum Gasteiger partial charge on any atom is 0.223 e. The van der Waals surface area contributed by atoms with E-state index in [4.69, 9.17) is 4.74 Å². The summed E-state index contributed by atoms with van der Waals surface area (Å²) in [5, 5.41) is 0. The molecule has 2 aromatic rings. The number of rotatable bonds is 3. The molecule has 2 heterocycles. The van der Waals surface area contributed by atoms with Gasteiger partial charge in [0.15, 0.2) is 5.60 Å². The van der Waals surface area contributed by atoms with Gasteiger partial charge in [0.05, 0.1) is 11.4 Å². The Labute approximate surface area is 131 Å². The van der Waals surface area contributed by atoms with E-state index in [0.717, 1.165) is 11.4 Å². The van der Waals surface area contributed by atoms with E-state index in [1.807, 2.05) is 67.9 Å². The summed E-state index contributed by atoms with van der Waals surface area (Å²) < 4.78 is 8.21. The van der Waals surface area contributed by atoms with Gasteiger partial charge in [0, 0.05) is 12.6 Å². The molecule has 1 aromatic heterocycles. The molecule has 0 bridgehead atoms. The number of ketones is 1. The van der Waals surface area contributed by atoms with Crippen molar-refractivity contribution in [3.63, 3.8) is 0 Å². The molecule has 0 saturated heterocycles. The SMILES string of the molecule is CC[C@]1(CC=C(C)C)Oc2ccccc2-n2cccc2C1=O. The minimum atomic E-state index is -0.833. The third-order valence-electron chi connectivity index (χ3n) is 4.24. The first kappa shape index (κ1) is 14.6. The molecular formula is C19H21NO2. The number of hydrogen-bond donors (Lipinski definition) is 0. The van der Waals surface area contributed by atoms with Crippen LogP contribution in [0.1, 0.15) is 44.1 Å². The van der Waals surface area contributed by atoms with Crippen molar-refractivity contribution in [2.24, 2.45) is 0 Å². The number of fused-ring (bicyclic) bond motifs is 3. The summed E-state index contributed by atoms with van der Waals surface area (Å²) in [6.45, 7) is 6.10. The summed E-state index contributed by atoms with van der Waals surface area (Å²) >= 11 is 0. The van der Waals surface area contributed by atoms with Gasteiger partial charge in [-0.25, -0.2) is 0 Å². The Morgan fingerprint density at radius 2 is 2.00 bits per heavy atom. The quantitative estimate of drug-likeness (QED) is 0.777. The largest absolute Gasteiger partial charge is 0.477 e. The van der Waals surface area contributed by atoms with Crippen LogP contribution in [-0.4, -0.2) is 16.0 Å². The van der Waals surface area contributed by atoms with Gasteiger partial charge in [0.25, 0.3) is 0 Å². The first-order chi connectivity index (χ1) is 10.6. The highest BCUT2D eigenvalue weighted by Gasteiger charge is 2.42. The topological polar surface area (TPSA) is 31.2 Å². The Morgan fingerprint density at radius 3 is 2.73 bits per heavy atom. The summed E-state index contributed by atoms with van der Waals surface area (Å²) in [6, 6.07) is 11.6. The van der Waals surface area contributed by atoms with E-state index in [1.165, 1.54) is 5.57 Å². The zero-order valence-electron chi connectivity index (χ0n) is 13.3. The van der Waals surface area contributed by atoms with Crippen molar-refractivity contribution in [1.29, 1.82) is 0 Å². The number of ether oxygens (including phenoxy) is 1. The van der Waals surface area contributed by atoms with Crippen molar-refractivity contribution in [1.82, 2.24) is 4.57 Å². The zero-order chi connectivity index (χ0) is 15.7. The number of para-hydroxylation sites is 2. The average Bonchev–Trinajstić information content (AvgIpc) is 2.97. The number of nitrogens with zero attached hydrogens (tertiary/aromatic N) is 1. The molecule has 22 heavy (non-hydrogen) atoms. The monoisotopic (exact) mass is 295 g/mol. The molecule has 3 nitrogen and oxygen atoms in total. The van der Waals surface area contributed by atoms with Crippen LogP contribution in [0.2, 0.25) is 0 Å². The van der Waals surface area contributed by atoms with Gasteiger partial charge in [0.2, 0.25) is 5.78 Å². The maximum absolute atomic E-state index is 13.2. The maximum atomic E-state index is 13.2. The number of allylic oxidation sites excluding steroid dienone is 1. The lowest BCUT2D eigenvalue weighted by Gasteiger charge is -2.30. The highest BCUT2D eigenvalue weighted by atomic mass is 16.5. The van der Waals surface area contributed by atoms with Crippen LogP contribution in [0.4, 0.5) is 0 Å². The van der Waals surface area contributed by atoms with Crippen molar-refractivity contribution in [3.8, 4) is 11.4 Å². The minimum absolute atomic E-state index is 0.0497. The van der Waals surface area contributed by atoms with Crippen LogP contribution in [-0.2, 0) is 0 Å². The standard InChI is InChI=1S/C19H21NO2/c1-4-19(12-11-14(2)3)18(21)16-9-7-13-20(16)15-8-5-6-10-17(15)22-19/h5-11,13H,4,12H2,1-3H3/t19-/m1/s1. The Kier molecular flexibility index (Phi) is 3.65. The Morgan fingerprint density at radius 1 is 1.23 bits per heavy atom. The molecule has 0 saturated carbocycles. The van der Waals surface area contributed by atoms with Gasteiger partial charge in [0.1, 0.15) is 5.75 Å². The summed E-state index contributed by atoms with van der Waals surface area (Å²) in [6.07, 6.45) is 5.23. The lowest BCUT2D eigenvalue weighted by atomic mass is 9.88. The van der Waals surface area contributed by atoms with Gasteiger partial charge < -0.3 is 9.30 Å². The van der Waals surface area contributed by atoms with E-state index in [1.54, 1.807) is 0 Å². The smallest absolute Gasteiger partial charge is 0.223 e. The van der Waals surface area contributed by atoms with Crippen molar-refractivity contribution in [2.45, 2.75) is 39.2 Å². The third kappa shape index (κ3) is 2.27. The second-order valence-electron chi connectivity index (χ2n) is 6.00. The lowest BCUT2D eigenvalue weighted by Crippen LogP contribution is -2.43. The minimum Gasteiger partial charge on any atom is -0.477 e. The highest BCUT2D eigenvalue weighted by Crippen LogP contribution is 2.37. The predicted molar refractivity (Wildman–Crippen MR) is 87.8 cm³/mol. The van der Waals surface area contributed by atoms with Crippen LogP contribution in [0.15, 0.2) is 54.2 Å². The molecule has 0 fully saturated rings. The number of Topliss-reactive ketones (excluding diaryl/α,β-unsaturated/α-hetero) is 1. The molecule has 114 valence electrons. The fraction of sp³-hybridized carbons (Fsp3) is 0.316. The van der Waals surface area contributed by atoms with Crippen LogP contribution in [0.5, 0.6) is 5.75 Å². The fourth-order valence-electron chi connectivity index (χ4n) is 2.89. The summed E-state index contributed by atoms with van der Waals surface area (Å²) in [5.74, 6) is 0.809. The summed E-state index contributed by atoms with van der Waals surface area (Å²) in [4.78, 5) is 13.2. The molecule has 0 aliphatic carbocycles.